The summed E-state index contributed by atoms with van der Waals surface area (Å²) in [5.74, 6) is -0.457. The van der Waals surface area contributed by atoms with Crippen LogP contribution in [0.25, 0.3) is 10.2 Å². The van der Waals surface area contributed by atoms with Crippen LogP contribution in [-0.4, -0.2) is 18.1 Å². The molecule has 0 radical (unpaired) electrons. The molecule has 0 amide bonds. The second kappa shape index (κ2) is 3.39. The van der Waals surface area contributed by atoms with E-state index in [4.69, 9.17) is 11.5 Å². The highest BCUT2D eigenvalue weighted by atomic mass is 32.1. The van der Waals surface area contributed by atoms with Gasteiger partial charge in [0, 0.05) is 5.69 Å². The molecule has 2 rings (SSSR count). The molecule has 0 bridgehead atoms. The Bertz CT molecular complexity index is 535. The largest absolute Gasteiger partial charge is 0.465 e. The standard InChI is InChI=1S/C9H9N3O2S/c1-14-8(13)4-2-7-6(3-5(4)10)12-9(11)15-7/h2-3H,10H2,1H3,(H2,11,12). The maximum absolute atomic E-state index is 11.3. The molecule has 6 heteroatoms. The number of nitrogens with two attached hydrogens (primary N) is 2. The van der Waals surface area contributed by atoms with Gasteiger partial charge in [-0.2, -0.15) is 0 Å². The SMILES string of the molecule is COC(=O)c1cc2sc(N)nc2cc1N. The van der Waals surface area contributed by atoms with Gasteiger partial charge < -0.3 is 16.2 Å². The molecule has 15 heavy (non-hydrogen) atoms. The van der Waals surface area contributed by atoms with Gasteiger partial charge in [-0.3, -0.25) is 0 Å². The summed E-state index contributed by atoms with van der Waals surface area (Å²) in [4.78, 5) is 15.4. The molecular formula is C9H9N3O2S. The van der Waals surface area contributed by atoms with Crippen LogP contribution in [0, 0.1) is 0 Å². The number of aromatic nitrogens is 1. The van der Waals surface area contributed by atoms with Crippen LogP contribution in [0.3, 0.4) is 0 Å². The minimum absolute atomic E-state index is 0.341. The molecule has 0 aliphatic heterocycles. The molecule has 0 spiro atoms. The zero-order valence-electron chi connectivity index (χ0n) is 7.98. The van der Waals surface area contributed by atoms with Crippen LogP contribution in [-0.2, 0) is 4.74 Å². The van der Waals surface area contributed by atoms with Crippen LogP contribution in [0.2, 0.25) is 0 Å². The van der Waals surface area contributed by atoms with E-state index in [2.05, 4.69) is 9.72 Å². The maximum Gasteiger partial charge on any atom is 0.340 e. The number of esters is 1. The number of fused-ring (bicyclic) bond motifs is 1. The quantitative estimate of drug-likeness (QED) is 0.560. The molecule has 0 atom stereocenters. The Morgan fingerprint density at radius 3 is 2.87 bits per heavy atom. The van der Waals surface area contributed by atoms with Gasteiger partial charge in [0.1, 0.15) is 0 Å². The predicted octanol–water partition coefficient (Wildman–Crippen LogP) is 1.25. The number of carbonyl (C=O) groups is 1. The van der Waals surface area contributed by atoms with Crippen molar-refractivity contribution in [1.29, 1.82) is 0 Å². The van der Waals surface area contributed by atoms with E-state index < -0.39 is 5.97 Å². The number of hydrogen-bond donors (Lipinski definition) is 2. The van der Waals surface area contributed by atoms with Crippen LogP contribution in [0.1, 0.15) is 10.4 Å². The van der Waals surface area contributed by atoms with Crippen LogP contribution >= 0.6 is 11.3 Å². The fourth-order valence-electron chi connectivity index (χ4n) is 1.29. The molecule has 2 aromatic rings. The lowest BCUT2D eigenvalue weighted by Crippen LogP contribution is -2.05. The second-order valence-corrected chi connectivity index (χ2v) is 4.01. The first-order valence-corrected chi connectivity index (χ1v) is 4.97. The van der Waals surface area contributed by atoms with E-state index in [1.165, 1.54) is 18.4 Å². The first-order chi connectivity index (χ1) is 7.11. The molecule has 0 aliphatic rings. The van der Waals surface area contributed by atoms with Crippen molar-refractivity contribution in [3.8, 4) is 0 Å². The van der Waals surface area contributed by atoms with Gasteiger partial charge in [-0.1, -0.05) is 11.3 Å². The summed E-state index contributed by atoms with van der Waals surface area (Å²) in [5.41, 5.74) is 12.6. The topological polar surface area (TPSA) is 91.2 Å². The van der Waals surface area contributed by atoms with E-state index in [1.54, 1.807) is 12.1 Å². The Labute approximate surface area is 89.7 Å². The summed E-state index contributed by atoms with van der Waals surface area (Å²) >= 11 is 1.31. The Morgan fingerprint density at radius 2 is 2.20 bits per heavy atom. The minimum atomic E-state index is -0.457. The van der Waals surface area contributed by atoms with Crippen molar-refractivity contribution in [1.82, 2.24) is 4.98 Å². The molecule has 1 aromatic heterocycles. The van der Waals surface area contributed by atoms with Crippen molar-refractivity contribution < 1.29 is 9.53 Å². The van der Waals surface area contributed by atoms with Gasteiger partial charge in [-0.05, 0) is 12.1 Å². The third-order valence-electron chi connectivity index (χ3n) is 1.98. The molecule has 0 unspecified atom stereocenters. The van der Waals surface area contributed by atoms with Crippen LogP contribution in [0.15, 0.2) is 12.1 Å². The van der Waals surface area contributed by atoms with Gasteiger partial charge in [0.2, 0.25) is 0 Å². The normalized spacial score (nSPS) is 10.5. The van der Waals surface area contributed by atoms with Crippen molar-refractivity contribution in [2.75, 3.05) is 18.6 Å². The lowest BCUT2D eigenvalue weighted by Gasteiger charge is -2.02. The summed E-state index contributed by atoms with van der Waals surface area (Å²) < 4.78 is 5.43. The number of benzene rings is 1. The van der Waals surface area contributed by atoms with E-state index >= 15 is 0 Å². The molecular weight excluding hydrogens is 214 g/mol. The number of methoxy groups -OCH3 is 1. The van der Waals surface area contributed by atoms with Gasteiger partial charge >= 0.3 is 5.97 Å². The van der Waals surface area contributed by atoms with E-state index in [1.807, 2.05) is 0 Å². The highest BCUT2D eigenvalue weighted by molar-refractivity contribution is 7.22. The molecule has 4 N–H and O–H groups in total. The second-order valence-electron chi connectivity index (χ2n) is 2.95. The summed E-state index contributed by atoms with van der Waals surface area (Å²) in [5, 5.41) is 0.450. The van der Waals surface area contributed by atoms with Crippen molar-refractivity contribution in [3.05, 3.63) is 17.7 Å². The first-order valence-electron chi connectivity index (χ1n) is 4.15. The number of hydrogen-bond acceptors (Lipinski definition) is 6. The fraction of sp³-hybridized carbons (Fsp3) is 0.111. The van der Waals surface area contributed by atoms with Gasteiger partial charge in [0.25, 0.3) is 0 Å². The van der Waals surface area contributed by atoms with Crippen molar-refractivity contribution >= 4 is 38.3 Å². The Balaban J connectivity index is 2.66. The zero-order chi connectivity index (χ0) is 11.0. The van der Waals surface area contributed by atoms with Crippen molar-refractivity contribution in [3.63, 3.8) is 0 Å². The molecule has 0 saturated carbocycles. The number of anilines is 2. The number of thiazole rings is 1. The summed E-state index contributed by atoms with van der Waals surface area (Å²) in [7, 11) is 1.31. The lowest BCUT2D eigenvalue weighted by atomic mass is 10.2. The summed E-state index contributed by atoms with van der Waals surface area (Å²) in [6.07, 6.45) is 0. The predicted molar refractivity (Wildman–Crippen MR) is 59.8 cm³/mol. The van der Waals surface area contributed by atoms with Crippen LogP contribution in [0.4, 0.5) is 10.8 Å². The third kappa shape index (κ3) is 1.59. The van der Waals surface area contributed by atoms with Crippen molar-refractivity contribution in [2.24, 2.45) is 0 Å². The highest BCUT2D eigenvalue weighted by Crippen LogP contribution is 2.28. The first kappa shape index (κ1) is 9.72. The number of carbonyl (C=O) groups excluding carboxylic acids is 1. The maximum atomic E-state index is 11.3. The van der Waals surface area contributed by atoms with E-state index in [0.29, 0.717) is 21.9 Å². The Kier molecular flexibility index (Phi) is 2.20. The van der Waals surface area contributed by atoms with Gasteiger partial charge in [-0.15, -0.1) is 0 Å². The number of rotatable bonds is 1. The molecule has 1 aromatic carbocycles. The molecule has 1 heterocycles. The van der Waals surface area contributed by atoms with Crippen molar-refractivity contribution in [2.45, 2.75) is 0 Å². The Morgan fingerprint density at radius 1 is 1.47 bits per heavy atom. The monoisotopic (exact) mass is 223 g/mol. The molecule has 0 fully saturated rings. The molecule has 5 nitrogen and oxygen atoms in total. The number of nitrogens with zero attached hydrogens (tertiary/aromatic N) is 1. The van der Waals surface area contributed by atoms with E-state index in [-0.39, 0.29) is 0 Å². The minimum Gasteiger partial charge on any atom is -0.465 e. The third-order valence-corrected chi connectivity index (χ3v) is 2.83. The van der Waals surface area contributed by atoms with Gasteiger partial charge in [0.05, 0.1) is 22.9 Å². The lowest BCUT2D eigenvalue weighted by molar-refractivity contribution is 0.0602. The Hall–Kier alpha value is -1.82. The summed E-state index contributed by atoms with van der Waals surface area (Å²) in [6, 6.07) is 3.26. The molecule has 0 saturated heterocycles. The van der Waals surface area contributed by atoms with Crippen LogP contribution < -0.4 is 11.5 Å². The van der Waals surface area contributed by atoms with Gasteiger partial charge in [-0.25, -0.2) is 9.78 Å². The highest BCUT2D eigenvalue weighted by Gasteiger charge is 2.13. The smallest absolute Gasteiger partial charge is 0.340 e. The summed E-state index contributed by atoms with van der Waals surface area (Å²) in [6.45, 7) is 0. The van der Waals surface area contributed by atoms with Gasteiger partial charge in [0.15, 0.2) is 5.13 Å². The van der Waals surface area contributed by atoms with E-state index in [0.717, 1.165) is 4.70 Å². The molecule has 0 aliphatic carbocycles. The van der Waals surface area contributed by atoms with Crippen LogP contribution in [0.5, 0.6) is 0 Å². The fourth-order valence-corrected chi connectivity index (χ4v) is 2.05. The number of ether oxygens (including phenoxy) is 1. The average Bonchev–Trinajstić information content (AvgIpc) is 2.55. The van der Waals surface area contributed by atoms with E-state index in [9.17, 15) is 4.79 Å². The zero-order valence-corrected chi connectivity index (χ0v) is 8.80. The average molecular weight is 223 g/mol. The number of nitrogen functional groups attached to an aromatic ring is 2. The molecule has 78 valence electrons.